The van der Waals surface area contributed by atoms with Gasteiger partial charge in [0, 0.05) is 12.7 Å². The van der Waals surface area contributed by atoms with Crippen molar-refractivity contribution in [3.8, 4) is 17.6 Å². The number of benzene rings is 1. The Bertz CT molecular complexity index is 1240. The minimum Gasteiger partial charge on any atom is -0.454 e. The summed E-state index contributed by atoms with van der Waals surface area (Å²) >= 11 is 5.98. The van der Waals surface area contributed by atoms with Gasteiger partial charge in [0.15, 0.2) is 22.7 Å². The maximum Gasteiger partial charge on any atom is 0.183 e. The lowest BCUT2D eigenvalue weighted by Gasteiger charge is -2.10. The molecule has 3 aromatic heterocycles. The third kappa shape index (κ3) is 4.26. The van der Waals surface area contributed by atoms with E-state index in [2.05, 4.69) is 30.2 Å². The van der Waals surface area contributed by atoms with Crippen LogP contribution in [0.15, 0.2) is 49.2 Å². The number of hydrogen-bond donors (Lipinski definition) is 1. The Hall–Kier alpha value is -3.83. The Morgan fingerprint density at radius 2 is 1.93 bits per heavy atom. The Balaban J connectivity index is 1.40. The quantitative estimate of drug-likeness (QED) is 0.499. The summed E-state index contributed by atoms with van der Waals surface area (Å²) in [5.41, 5.74) is 3.40. The molecular formula is C21H16ClN7O. The van der Waals surface area contributed by atoms with Crippen molar-refractivity contribution in [3.05, 3.63) is 71.0 Å². The summed E-state index contributed by atoms with van der Waals surface area (Å²) in [6.07, 6.45) is 6.81. The molecule has 0 radical (unpaired) electrons. The molecule has 0 amide bonds. The first kappa shape index (κ1) is 19.5. The first-order chi connectivity index (χ1) is 14.6. The summed E-state index contributed by atoms with van der Waals surface area (Å²) in [6.45, 7) is 2.55. The largest absolute Gasteiger partial charge is 0.454 e. The second-order valence-corrected chi connectivity index (χ2v) is 6.84. The van der Waals surface area contributed by atoms with E-state index in [-0.39, 0.29) is 10.6 Å². The average Bonchev–Trinajstić information content (AvgIpc) is 2.75. The highest BCUT2D eigenvalue weighted by Crippen LogP contribution is 2.28. The molecule has 1 N–H and O–H groups in total. The van der Waals surface area contributed by atoms with Crippen molar-refractivity contribution < 1.29 is 4.74 Å². The zero-order valence-corrected chi connectivity index (χ0v) is 16.8. The number of nitriles is 1. The molecule has 1 aromatic carbocycles. The summed E-state index contributed by atoms with van der Waals surface area (Å²) in [4.78, 5) is 21.1. The molecule has 0 saturated carbocycles. The molecule has 0 bridgehead atoms. The monoisotopic (exact) mass is 417 g/mol. The maximum absolute atomic E-state index is 9.23. The molecule has 0 saturated heterocycles. The number of ether oxygens (including phenoxy) is 1. The Morgan fingerprint density at radius 1 is 1.10 bits per heavy atom. The first-order valence-corrected chi connectivity index (χ1v) is 9.50. The van der Waals surface area contributed by atoms with Gasteiger partial charge in [-0.1, -0.05) is 23.7 Å². The van der Waals surface area contributed by atoms with Crippen LogP contribution >= 0.6 is 11.6 Å². The fourth-order valence-electron chi connectivity index (χ4n) is 2.84. The van der Waals surface area contributed by atoms with Gasteiger partial charge in [-0.05, 0) is 31.0 Å². The summed E-state index contributed by atoms with van der Waals surface area (Å²) in [7, 11) is 0. The number of aromatic nitrogens is 5. The topological polar surface area (TPSA) is 110 Å². The van der Waals surface area contributed by atoms with Gasteiger partial charge in [0.1, 0.15) is 23.7 Å². The van der Waals surface area contributed by atoms with E-state index in [0.717, 1.165) is 17.7 Å². The zero-order chi connectivity index (χ0) is 20.9. The number of rotatable bonds is 6. The van der Waals surface area contributed by atoms with Crippen molar-refractivity contribution in [3.63, 3.8) is 0 Å². The molecule has 30 heavy (non-hydrogen) atoms. The first-order valence-electron chi connectivity index (χ1n) is 9.12. The van der Waals surface area contributed by atoms with Crippen molar-refractivity contribution >= 4 is 28.6 Å². The molecule has 0 aliphatic rings. The van der Waals surface area contributed by atoms with E-state index in [9.17, 15) is 5.26 Å². The van der Waals surface area contributed by atoms with Crippen molar-refractivity contribution in [2.45, 2.75) is 13.3 Å². The number of fused-ring (bicyclic) bond motifs is 1. The van der Waals surface area contributed by atoms with Crippen LogP contribution in [0.4, 0.5) is 5.82 Å². The molecule has 0 spiro atoms. The van der Waals surface area contributed by atoms with Gasteiger partial charge in [0.2, 0.25) is 0 Å². The molecule has 0 unspecified atom stereocenters. The van der Waals surface area contributed by atoms with Gasteiger partial charge >= 0.3 is 0 Å². The van der Waals surface area contributed by atoms with Gasteiger partial charge in [-0.2, -0.15) is 5.26 Å². The van der Waals surface area contributed by atoms with Crippen LogP contribution in [0, 0.1) is 18.3 Å². The third-order valence-corrected chi connectivity index (χ3v) is 4.59. The molecule has 3 heterocycles. The van der Waals surface area contributed by atoms with Crippen LogP contribution in [-0.2, 0) is 6.42 Å². The normalized spacial score (nSPS) is 10.6. The highest BCUT2D eigenvalue weighted by Gasteiger charge is 2.10. The second-order valence-electron chi connectivity index (χ2n) is 6.43. The fourth-order valence-corrected chi connectivity index (χ4v) is 3.03. The van der Waals surface area contributed by atoms with Crippen LogP contribution in [0.5, 0.6) is 11.5 Å². The van der Waals surface area contributed by atoms with E-state index in [1.807, 2.05) is 37.3 Å². The number of nitrogens with zero attached hydrogens (tertiary/aromatic N) is 6. The van der Waals surface area contributed by atoms with E-state index in [4.69, 9.17) is 16.3 Å². The maximum atomic E-state index is 9.23. The summed E-state index contributed by atoms with van der Waals surface area (Å²) < 4.78 is 5.75. The van der Waals surface area contributed by atoms with Gasteiger partial charge in [-0.15, -0.1) is 0 Å². The van der Waals surface area contributed by atoms with Crippen molar-refractivity contribution in [2.24, 2.45) is 0 Å². The van der Waals surface area contributed by atoms with E-state index in [1.54, 1.807) is 6.20 Å². The van der Waals surface area contributed by atoms with Crippen molar-refractivity contribution in [2.75, 3.05) is 11.9 Å². The van der Waals surface area contributed by atoms with Gasteiger partial charge in [0.25, 0.3) is 0 Å². The van der Waals surface area contributed by atoms with E-state index in [0.29, 0.717) is 35.0 Å². The summed E-state index contributed by atoms with van der Waals surface area (Å²) in [6, 6.07) is 9.63. The number of hydrogen-bond acceptors (Lipinski definition) is 8. The smallest absolute Gasteiger partial charge is 0.183 e. The summed E-state index contributed by atoms with van der Waals surface area (Å²) in [5.74, 6) is 1.58. The van der Waals surface area contributed by atoms with Crippen molar-refractivity contribution in [1.82, 2.24) is 24.9 Å². The number of halogens is 1. The minimum absolute atomic E-state index is 0.259. The predicted molar refractivity (Wildman–Crippen MR) is 113 cm³/mol. The van der Waals surface area contributed by atoms with Gasteiger partial charge in [-0.25, -0.2) is 19.9 Å². The van der Waals surface area contributed by atoms with E-state index >= 15 is 0 Å². The second kappa shape index (κ2) is 8.68. The van der Waals surface area contributed by atoms with Crippen LogP contribution in [0.1, 0.15) is 16.8 Å². The summed E-state index contributed by atoms with van der Waals surface area (Å²) in [5, 5.41) is 12.8. The average molecular weight is 418 g/mol. The lowest BCUT2D eigenvalue weighted by Crippen LogP contribution is -2.08. The number of aryl methyl sites for hydroxylation is 1. The Morgan fingerprint density at radius 3 is 2.73 bits per heavy atom. The van der Waals surface area contributed by atoms with Crippen LogP contribution in [-0.4, -0.2) is 31.5 Å². The van der Waals surface area contributed by atoms with Crippen LogP contribution in [0.2, 0.25) is 5.02 Å². The SMILES string of the molecule is Cc1cnc2ncnc(NCCc3ccc(Oc4cncc(Cl)c4C#N)cc3)c2n1. The fraction of sp³-hybridized carbons (Fsp3) is 0.143. The van der Waals surface area contributed by atoms with Gasteiger partial charge < -0.3 is 10.1 Å². The highest BCUT2D eigenvalue weighted by atomic mass is 35.5. The molecule has 0 aliphatic carbocycles. The highest BCUT2D eigenvalue weighted by molar-refractivity contribution is 6.31. The Labute approximate surface area is 177 Å². The van der Waals surface area contributed by atoms with Crippen LogP contribution in [0.3, 0.4) is 0 Å². The van der Waals surface area contributed by atoms with Gasteiger partial charge in [-0.3, -0.25) is 4.98 Å². The molecular weight excluding hydrogens is 402 g/mol. The van der Waals surface area contributed by atoms with Gasteiger partial charge in [0.05, 0.1) is 23.1 Å². The molecule has 4 aromatic rings. The standard InChI is InChI=1S/C21H16ClN7O/c1-13-9-26-21-19(29-13)20(27-12-28-21)25-7-6-14-2-4-15(5-3-14)30-18-11-24-10-17(22)16(18)8-23/h2-5,9-12H,6-7H2,1H3,(H,25,26,27,28). The molecule has 4 rings (SSSR count). The lowest BCUT2D eigenvalue weighted by molar-refractivity contribution is 0.478. The predicted octanol–water partition coefficient (Wildman–Crippen LogP) is 4.10. The number of anilines is 1. The molecule has 0 atom stereocenters. The molecule has 148 valence electrons. The lowest BCUT2D eigenvalue weighted by atomic mass is 10.1. The Kier molecular flexibility index (Phi) is 5.63. The van der Waals surface area contributed by atoms with Crippen LogP contribution < -0.4 is 10.1 Å². The van der Waals surface area contributed by atoms with E-state index in [1.165, 1.54) is 18.7 Å². The number of nitrogens with one attached hydrogen (secondary N) is 1. The van der Waals surface area contributed by atoms with Crippen molar-refractivity contribution in [1.29, 1.82) is 5.26 Å². The van der Waals surface area contributed by atoms with Crippen LogP contribution in [0.25, 0.3) is 11.2 Å². The molecule has 8 nitrogen and oxygen atoms in total. The molecule has 0 fully saturated rings. The molecule has 0 aliphatic heterocycles. The molecule has 9 heteroatoms. The minimum atomic E-state index is 0.259. The third-order valence-electron chi connectivity index (χ3n) is 4.30. The number of pyridine rings is 1. The van der Waals surface area contributed by atoms with E-state index < -0.39 is 0 Å². The zero-order valence-electron chi connectivity index (χ0n) is 16.0.